The number of hydrogen-bond acceptors (Lipinski definition) is 4. The normalized spacial score (nSPS) is 21.5. The molecule has 7 heteroatoms. The van der Waals surface area contributed by atoms with Crippen LogP contribution in [0.3, 0.4) is 0 Å². The Morgan fingerprint density at radius 1 is 0.941 bits per heavy atom. The van der Waals surface area contributed by atoms with Crippen molar-refractivity contribution < 1.29 is 14.4 Å². The Balaban J connectivity index is 1.50. The van der Waals surface area contributed by atoms with E-state index in [2.05, 4.69) is 32.6 Å². The maximum Gasteiger partial charge on any atom is 0.250 e. The molecule has 0 unspecified atom stereocenters. The number of benzene rings is 1. The predicted octanol–water partition coefficient (Wildman–Crippen LogP) is 3.35. The van der Waals surface area contributed by atoms with Crippen LogP contribution in [0.15, 0.2) is 30.3 Å². The van der Waals surface area contributed by atoms with Gasteiger partial charge in [0.25, 0.3) is 5.91 Å². The molecule has 0 bridgehead atoms. The van der Waals surface area contributed by atoms with E-state index in [1.807, 2.05) is 40.1 Å². The maximum atomic E-state index is 13.9. The van der Waals surface area contributed by atoms with Crippen LogP contribution in [-0.2, 0) is 14.4 Å². The van der Waals surface area contributed by atoms with Crippen LogP contribution in [0.4, 0.5) is 5.69 Å². The van der Waals surface area contributed by atoms with Crippen LogP contribution >= 0.6 is 0 Å². The fraction of sp³-hybridized carbons (Fsp3) is 0.667. The first kappa shape index (κ1) is 24.6. The van der Waals surface area contributed by atoms with E-state index in [4.69, 9.17) is 0 Å². The molecule has 7 nitrogen and oxygen atoms in total. The van der Waals surface area contributed by atoms with Gasteiger partial charge < -0.3 is 19.6 Å². The molecule has 1 spiro atoms. The van der Waals surface area contributed by atoms with Gasteiger partial charge in [0.2, 0.25) is 11.8 Å². The Bertz CT molecular complexity index is 894. The topological polar surface area (TPSA) is 64.2 Å². The standard InChI is InChI=1S/C27H40N4O3/c1-21-10-14-28(15-11-21)24(33)19-30-20-31(22-8-6-5-7-9-22)27(25(30)34)12-16-29(17-13-27)23(32)18-26(2,3)4/h5-9,21H,10-20H2,1-4H3. The quantitative estimate of drug-likeness (QED) is 0.680. The number of anilines is 1. The molecule has 34 heavy (non-hydrogen) atoms. The van der Waals surface area contributed by atoms with Crippen LogP contribution in [0.2, 0.25) is 0 Å². The molecular weight excluding hydrogens is 428 g/mol. The van der Waals surface area contributed by atoms with Crippen molar-refractivity contribution in [1.29, 1.82) is 0 Å². The summed E-state index contributed by atoms with van der Waals surface area (Å²) >= 11 is 0. The summed E-state index contributed by atoms with van der Waals surface area (Å²) in [6.07, 6.45) is 3.73. The Hall–Kier alpha value is -2.57. The van der Waals surface area contributed by atoms with Gasteiger partial charge in [0.1, 0.15) is 12.1 Å². The summed E-state index contributed by atoms with van der Waals surface area (Å²) in [5.74, 6) is 0.881. The molecule has 0 radical (unpaired) electrons. The van der Waals surface area contributed by atoms with Gasteiger partial charge >= 0.3 is 0 Å². The summed E-state index contributed by atoms with van der Waals surface area (Å²) in [5, 5.41) is 0. The van der Waals surface area contributed by atoms with E-state index in [0.717, 1.165) is 31.6 Å². The molecule has 0 aliphatic carbocycles. The third-order valence-corrected chi connectivity index (χ3v) is 7.67. The lowest BCUT2D eigenvalue weighted by Crippen LogP contribution is -2.57. The van der Waals surface area contributed by atoms with Crippen LogP contribution in [-0.4, -0.2) is 77.4 Å². The lowest BCUT2D eigenvalue weighted by Gasteiger charge is -2.43. The van der Waals surface area contributed by atoms with Gasteiger partial charge in [0, 0.05) is 38.3 Å². The highest BCUT2D eigenvalue weighted by Crippen LogP contribution is 2.40. The lowest BCUT2D eigenvalue weighted by molar-refractivity contribution is -0.143. The minimum atomic E-state index is -0.698. The minimum Gasteiger partial charge on any atom is -0.342 e. The van der Waals surface area contributed by atoms with Gasteiger partial charge in [-0.15, -0.1) is 0 Å². The van der Waals surface area contributed by atoms with Gasteiger partial charge in [0.05, 0.1) is 6.67 Å². The van der Waals surface area contributed by atoms with Crippen molar-refractivity contribution >= 4 is 23.4 Å². The van der Waals surface area contributed by atoms with E-state index in [1.165, 1.54) is 0 Å². The molecular formula is C27H40N4O3. The molecule has 0 N–H and O–H groups in total. The first-order valence-electron chi connectivity index (χ1n) is 12.8. The molecule has 186 valence electrons. The molecule has 4 rings (SSSR count). The molecule has 3 heterocycles. The fourth-order valence-corrected chi connectivity index (χ4v) is 5.54. The fourth-order valence-electron chi connectivity index (χ4n) is 5.54. The molecule has 0 aromatic heterocycles. The van der Waals surface area contributed by atoms with E-state index >= 15 is 0 Å². The second kappa shape index (κ2) is 9.59. The summed E-state index contributed by atoms with van der Waals surface area (Å²) in [6.45, 7) is 11.7. The Kier molecular flexibility index (Phi) is 6.92. The maximum absolute atomic E-state index is 13.9. The Labute approximate surface area is 204 Å². The summed E-state index contributed by atoms with van der Waals surface area (Å²) in [5.41, 5.74) is 0.234. The number of hydrogen-bond donors (Lipinski definition) is 0. The number of carbonyl (C=O) groups is 3. The van der Waals surface area contributed by atoms with Crippen molar-refractivity contribution in [2.45, 2.75) is 65.3 Å². The minimum absolute atomic E-state index is 0.0259. The second-order valence-electron chi connectivity index (χ2n) is 11.6. The zero-order valence-electron chi connectivity index (χ0n) is 21.3. The summed E-state index contributed by atoms with van der Waals surface area (Å²) < 4.78 is 0. The number of para-hydroxylation sites is 1. The number of nitrogens with zero attached hydrogens (tertiary/aromatic N) is 4. The van der Waals surface area contributed by atoms with E-state index in [1.54, 1.807) is 4.90 Å². The highest BCUT2D eigenvalue weighted by atomic mass is 16.2. The number of carbonyl (C=O) groups excluding carboxylic acids is 3. The first-order valence-corrected chi connectivity index (χ1v) is 12.8. The summed E-state index contributed by atoms with van der Waals surface area (Å²) in [7, 11) is 0. The average molecular weight is 469 g/mol. The number of piperidine rings is 2. The average Bonchev–Trinajstić information content (AvgIpc) is 3.05. The highest BCUT2D eigenvalue weighted by Gasteiger charge is 2.54. The third-order valence-electron chi connectivity index (χ3n) is 7.67. The molecule has 0 saturated carbocycles. The zero-order valence-corrected chi connectivity index (χ0v) is 21.3. The predicted molar refractivity (Wildman–Crippen MR) is 133 cm³/mol. The van der Waals surface area contributed by atoms with Crippen LogP contribution in [0.25, 0.3) is 0 Å². The summed E-state index contributed by atoms with van der Waals surface area (Å²) in [4.78, 5) is 47.5. The molecule has 1 aromatic rings. The number of likely N-dealkylation sites (tertiary alicyclic amines) is 2. The highest BCUT2D eigenvalue weighted by molar-refractivity contribution is 5.96. The van der Waals surface area contributed by atoms with Gasteiger partial charge in [-0.25, -0.2) is 0 Å². The van der Waals surface area contributed by atoms with Gasteiger partial charge in [-0.1, -0.05) is 45.9 Å². The summed E-state index contributed by atoms with van der Waals surface area (Å²) in [6, 6.07) is 10.0. The SMILES string of the molecule is CC1CCN(C(=O)CN2CN(c3ccccc3)C3(CCN(C(=O)CC(C)(C)C)CC3)C2=O)CC1. The zero-order chi connectivity index (χ0) is 24.5. The van der Waals surface area contributed by atoms with Crippen molar-refractivity contribution in [1.82, 2.24) is 14.7 Å². The Morgan fingerprint density at radius 3 is 2.12 bits per heavy atom. The lowest BCUT2D eigenvalue weighted by atomic mass is 9.84. The number of rotatable bonds is 4. The van der Waals surface area contributed by atoms with Gasteiger partial charge in [-0.3, -0.25) is 14.4 Å². The van der Waals surface area contributed by atoms with Gasteiger partial charge in [-0.2, -0.15) is 0 Å². The molecule has 3 saturated heterocycles. The van der Waals surface area contributed by atoms with Crippen LogP contribution < -0.4 is 4.90 Å². The molecule has 1 aromatic carbocycles. The largest absolute Gasteiger partial charge is 0.342 e. The number of amides is 3. The molecule has 3 aliphatic heterocycles. The van der Waals surface area contributed by atoms with Crippen LogP contribution in [0.1, 0.15) is 59.8 Å². The van der Waals surface area contributed by atoms with Crippen molar-refractivity contribution in [3.63, 3.8) is 0 Å². The third kappa shape index (κ3) is 5.08. The van der Waals surface area contributed by atoms with Gasteiger partial charge in [0.15, 0.2) is 0 Å². The van der Waals surface area contributed by atoms with Crippen LogP contribution in [0.5, 0.6) is 0 Å². The van der Waals surface area contributed by atoms with E-state index in [-0.39, 0.29) is 29.7 Å². The Morgan fingerprint density at radius 2 is 1.53 bits per heavy atom. The van der Waals surface area contributed by atoms with Crippen molar-refractivity contribution in [3.8, 4) is 0 Å². The van der Waals surface area contributed by atoms with Crippen molar-refractivity contribution in [2.75, 3.05) is 44.3 Å². The monoisotopic (exact) mass is 468 g/mol. The van der Waals surface area contributed by atoms with Crippen molar-refractivity contribution in [2.24, 2.45) is 11.3 Å². The first-order chi connectivity index (χ1) is 16.1. The van der Waals surface area contributed by atoms with Crippen LogP contribution in [0, 0.1) is 11.3 Å². The molecule has 3 amide bonds. The molecule has 3 fully saturated rings. The van der Waals surface area contributed by atoms with Gasteiger partial charge in [-0.05, 0) is 49.1 Å². The van der Waals surface area contributed by atoms with Crippen molar-refractivity contribution in [3.05, 3.63) is 30.3 Å². The van der Waals surface area contributed by atoms with E-state index in [0.29, 0.717) is 44.9 Å². The molecule has 3 aliphatic rings. The molecule has 0 atom stereocenters. The van der Waals surface area contributed by atoms with E-state index < -0.39 is 5.54 Å². The smallest absolute Gasteiger partial charge is 0.250 e. The van der Waals surface area contributed by atoms with E-state index in [9.17, 15) is 14.4 Å². The second-order valence-corrected chi connectivity index (χ2v) is 11.6.